The Hall–Kier alpha value is -2.12. The molecule has 0 aliphatic carbocycles. The number of hydrogen-bond acceptors (Lipinski definition) is 4. The van der Waals surface area contributed by atoms with Crippen molar-refractivity contribution in [3.63, 3.8) is 0 Å². The van der Waals surface area contributed by atoms with Gasteiger partial charge in [0.15, 0.2) is 0 Å². The number of aromatic amines is 1. The molecule has 0 bridgehead atoms. The Morgan fingerprint density at radius 2 is 1.91 bits per heavy atom. The molecule has 0 fully saturated rings. The number of anilines is 2. The minimum Gasteiger partial charge on any atom is -0.389 e. The van der Waals surface area contributed by atoms with E-state index in [-0.39, 0.29) is 4.90 Å². The lowest BCUT2D eigenvalue weighted by molar-refractivity contribution is -0.364. The third kappa shape index (κ3) is 4.20. The van der Waals surface area contributed by atoms with E-state index in [1.807, 2.05) is 18.2 Å². The summed E-state index contributed by atoms with van der Waals surface area (Å²) in [7, 11) is -3.63. The van der Waals surface area contributed by atoms with Gasteiger partial charge in [0.05, 0.1) is 11.8 Å². The number of pyridine rings is 1. The van der Waals surface area contributed by atoms with Crippen molar-refractivity contribution in [2.45, 2.75) is 24.8 Å². The molecule has 0 radical (unpaired) electrons. The number of hydrogen-bond donors (Lipinski definition) is 2. The Morgan fingerprint density at radius 3 is 2.43 bits per heavy atom. The summed E-state index contributed by atoms with van der Waals surface area (Å²) in [6.45, 7) is 4.19. The van der Waals surface area contributed by atoms with Gasteiger partial charge in [0, 0.05) is 12.6 Å². The second kappa shape index (κ2) is 7.43. The molecule has 2 rings (SSSR count). The molecule has 124 valence electrons. The fraction of sp³-hybridized carbons (Fsp3) is 0.312. The first-order valence-electron chi connectivity index (χ1n) is 7.46. The molecule has 0 aliphatic rings. The van der Waals surface area contributed by atoms with E-state index in [1.54, 1.807) is 38.1 Å². The van der Waals surface area contributed by atoms with Crippen LogP contribution in [0.4, 0.5) is 11.5 Å². The fourth-order valence-corrected chi connectivity index (χ4v) is 3.59. The SMILES string of the molecule is CCN(c1ccccc1)S(=O)(=O)c1ccc(NC[C@H](C)O)[nH+]c1. The molecular formula is C16H22N3O3S+. The van der Waals surface area contributed by atoms with Crippen molar-refractivity contribution in [3.8, 4) is 0 Å². The summed E-state index contributed by atoms with van der Waals surface area (Å²) < 4.78 is 26.9. The van der Waals surface area contributed by atoms with Gasteiger partial charge in [-0.15, -0.1) is 0 Å². The molecule has 1 atom stereocenters. The zero-order chi connectivity index (χ0) is 16.9. The summed E-state index contributed by atoms with van der Waals surface area (Å²) in [5.41, 5.74) is 0.631. The van der Waals surface area contributed by atoms with E-state index in [4.69, 9.17) is 0 Å². The van der Waals surface area contributed by atoms with E-state index in [0.717, 1.165) is 0 Å². The monoisotopic (exact) mass is 336 g/mol. The van der Waals surface area contributed by atoms with Crippen LogP contribution in [0.2, 0.25) is 0 Å². The van der Waals surface area contributed by atoms with Gasteiger partial charge in [0.1, 0.15) is 17.6 Å². The van der Waals surface area contributed by atoms with Gasteiger partial charge in [0.2, 0.25) is 0 Å². The van der Waals surface area contributed by atoms with Gasteiger partial charge >= 0.3 is 0 Å². The molecule has 6 nitrogen and oxygen atoms in total. The predicted molar refractivity (Wildman–Crippen MR) is 89.8 cm³/mol. The van der Waals surface area contributed by atoms with Gasteiger partial charge in [-0.05, 0) is 32.0 Å². The largest absolute Gasteiger partial charge is 0.389 e. The van der Waals surface area contributed by atoms with E-state index in [1.165, 1.54) is 10.5 Å². The summed E-state index contributed by atoms with van der Waals surface area (Å²) in [5, 5.41) is 12.2. The maximum absolute atomic E-state index is 12.8. The molecular weight excluding hydrogens is 314 g/mol. The Labute approximate surface area is 136 Å². The molecule has 1 aromatic heterocycles. The lowest BCUT2D eigenvalue weighted by Crippen LogP contribution is -2.31. The number of nitrogens with zero attached hydrogens (tertiary/aromatic N) is 1. The smallest absolute Gasteiger partial charge is 0.272 e. The topological polar surface area (TPSA) is 83.8 Å². The lowest BCUT2D eigenvalue weighted by Gasteiger charge is -2.22. The number of aliphatic hydroxyl groups excluding tert-OH is 1. The Kier molecular flexibility index (Phi) is 5.57. The van der Waals surface area contributed by atoms with E-state index in [9.17, 15) is 13.5 Å². The summed E-state index contributed by atoms with van der Waals surface area (Å²) in [4.78, 5) is 3.09. The van der Waals surface area contributed by atoms with Gasteiger partial charge in [-0.3, -0.25) is 9.62 Å². The molecule has 0 saturated carbocycles. The van der Waals surface area contributed by atoms with Crippen molar-refractivity contribution >= 4 is 21.5 Å². The van der Waals surface area contributed by atoms with Gasteiger partial charge in [-0.25, -0.2) is 13.4 Å². The quantitative estimate of drug-likeness (QED) is 0.803. The number of aromatic nitrogens is 1. The Bertz CT molecular complexity index is 716. The van der Waals surface area contributed by atoms with E-state index >= 15 is 0 Å². The Balaban J connectivity index is 2.24. The second-order valence-corrected chi connectivity index (χ2v) is 7.04. The first kappa shape index (κ1) is 17.2. The van der Waals surface area contributed by atoms with Crippen LogP contribution >= 0.6 is 0 Å². The van der Waals surface area contributed by atoms with E-state index < -0.39 is 16.1 Å². The van der Waals surface area contributed by atoms with Crippen LogP contribution in [0.25, 0.3) is 0 Å². The number of benzene rings is 1. The summed E-state index contributed by atoms with van der Waals surface area (Å²) >= 11 is 0. The minimum atomic E-state index is -3.63. The van der Waals surface area contributed by atoms with E-state index in [2.05, 4.69) is 10.3 Å². The molecule has 1 aromatic carbocycles. The van der Waals surface area contributed by atoms with Gasteiger partial charge in [-0.2, -0.15) is 0 Å². The van der Waals surface area contributed by atoms with Gasteiger partial charge in [-0.1, -0.05) is 18.2 Å². The van der Waals surface area contributed by atoms with Crippen LogP contribution in [-0.2, 0) is 10.0 Å². The molecule has 7 heteroatoms. The van der Waals surface area contributed by atoms with Crippen LogP contribution in [0.1, 0.15) is 13.8 Å². The average molecular weight is 336 g/mol. The molecule has 0 spiro atoms. The van der Waals surface area contributed by atoms with Crippen molar-refractivity contribution in [2.75, 3.05) is 22.7 Å². The summed E-state index contributed by atoms with van der Waals surface area (Å²) in [5.74, 6) is 0.646. The van der Waals surface area contributed by atoms with E-state index in [0.29, 0.717) is 24.6 Å². The highest BCUT2D eigenvalue weighted by Crippen LogP contribution is 2.22. The zero-order valence-electron chi connectivity index (χ0n) is 13.2. The van der Waals surface area contributed by atoms with Crippen LogP contribution < -0.4 is 14.6 Å². The third-order valence-electron chi connectivity index (χ3n) is 3.29. The number of sulfonamides is 1. The van der Waals surface area contributed by atoms with Crippen LogP contribution in [0.3, 0.4) is 0 Å². The molecule has 23 heavy (non-hydrogen) atoms. The highest BCUT2D eigenvalue weighted by molar-refractivity contribution is 7.92. The van der Waals surface area contributed by atoms with Crippen molar-refractivity contribution in [3.05, 3.63) is 48.7 Å². The van der Waals surface area contributed by atoms with Gasteiger partial charge < -0.3 is 5.11 Å². The molecule has 0 saturated heterocycles. The lowest BCUT2D eigenvalue weighted by atomic mass is 10.3. The number of para-hydroxylation sites is 1. The standard InChI is InChI=1S/C16H21N3O3S/c1-3-19(14-7-5-4-6-8-14)23(21,22)15-9-10-16(18-12-15)17-11-13(2)20/h4-10,12-13,20H,3,11H2,1-2H3,(H,17,18)/p+1/t13-/m0/s1. The number of H-pyrrole nitrogens is 1. The number of rotatable bonds is 7. The van der Waals surface area contributed by atoms with Crippen LogP contribution in [-0.4, -0.2) is 32.7 Å². The first-order chi connectivity index (χ1) is 10.9. The van der Waals surface area contributed by atoms with Gasteiger partial charge in [0.25, 0.3) is 15.8 Å². The molecule has 2 aromatic rings. The highest BCUT2D eigenvalue weighted by Gasteiger charge is 2.24. The third-order valence-corrected chi connectivity index (χ3v) is 5.19. The van der Waals surface area contributed by atoms with Crippen molar-refractivity contribution in [1.82, 2.24) is 0 Å². The molecule has 3 N–H and O–H groups in total. The average Bonchev–Trinajstić information content (AvgIpc) is 2.55. The molecule has 1 heterocycles. The summed E-state index contributed by atoms with van der Waals surface area (Å²) in [6.07, 6.45) is 0.964. The van der Waals surface area contributed by atoms with Crippen LogP contribution in [0.5, 0.6) is 0 Å². The molecule has 0 unspecified atom stereocenters. The minimum absolute atomic E-state index is 0.186. The fourth-order valence-electron chi connectivity index (χ4n) is 2.15. The van der Waals surface area contributed by atoms with Crippen LogP contribution in [0, 0.1) is 0 Å². The van der Waals surface area contributed by atoms with Crippen LogP contribution in [0.15, 0.2) is 53.6 Å². The van der Waals surface area contributed by atoms with Crippen molar-refractivity contribution in [2.24, 2.45) is 0 Å². The predicted octanol–water partition coefficient (Wildman–Crippen LogP) is 1.51. The maximum Gasteiger partial charge on any atom is 0.272 e. The number of nitrogens with one attached hydrogen (secondary N) is 2. The molecule has 0 aliphatic heterocycles. The first-order valence-corrected chi connectivity index (χ1v) is 8.90. The maximum atomic E-state index is 12.8. The highest BCUT2D eigenvalue weighted by atomic mass is 32.2. The number of aliphatic hydroxyl groups is 1. The second-order valence-electron chi connectivity index (χ2n) is 5.17. The van der Waals surface area contributed by atoms with Crippen molar-refractivity contribution < 1.29 is 18.5 Å². The van der Waals surface area contributed by atoms with Crippen molar-refractivity contribution in [1.29, 1.82) is 0 Å². The Morgan fingerprint density at radius 1 is 1.22 bits per heavy atom. The molecule has 0 amide bonds. The zero-order valence-corrected chi connectivity index (χ0v) is 14.0. The summed E-state index contributed by atoms with van der Waals surface area (Å²) in [6, 6.07) is 12.2. The normalized spacial score (nSPS) is 12.7.